The monoisotopic (exact) mass is 1100 g/mol. The molecule has 2 fully saturated rings. The third-order valence-electron chi connectivity index (χ3n) is 18.5. The molecule has 2 aromatic heterocycles. The molecule has 0 bridgehead atoms. The Morgan fingerprint density at radius 2 is 1.01 bits per heavy atom. The molecule has 2 heterocycles. The van der Waals surface area contributed by atoms with Gasteiger partial charge in [0.05, 0.1) is 47.4 Å². The maximum Gasteiger partial charge on any atom is 0.192 e. The molecule has 12 heteroatoms. The molecule has 8 nitrogen and oxygen atoms in total. The number of ketones is 1. The van der Waals surface area contributed by atoms with Gasteiger partial charge in [-0.05, 0) is 188 Å². The Balaban J connectivity index is 0.000000243. The van der Waals surface area contributed by atoms with Gasteiger partial charge in [-0.3, -0.25) is 4.79 Å². The molecule has 4 aliphatic rings. The van der Waals surface area contributed by atoms with E-state index in [2.05, 4.69) is 159 Å². The highest BCUT2D eigenvalue weighted by Crippen LogP contribution is 2.55. The van der Waals surface area contributed by atoms with Crippen LogP contribution in [0.25, 0.3) is 23.5 Å². The Morgan fingerprint density at radius 1 is 0.603 bits per heavy atom. The van der Waals surface area contributed by atoms with Crippen LogP contribution >= 0.6 is 0 Å². The molecule has 0 radical (unpaired) electrons. The molecule has 2 saturated carbocycles. The van der Waals surface area contributed by atoms with Crippen LogP contribution in [-0.4, -0.2) is 54.2 Å². The van der Waals surface area contributed by atoms with E-state index in [0.29, 0.717) is 12.3 Å². The minimum absolute atomic E-state index is 0. The summed E-state index contributed by atoms with van der Waals surface area (Å²) in [7, 11) is -4.06. The minimum Gasteiger partial charge on any atom is -0.413 e. The highest BCUT2D eigenvalue weighted by Gasteiger charge is 2.53. The third-order valence-corrected chi connectivity index (χ3v) is 27.5. The maximum atomic E-state index is 13.6. The van der Waals surface area contributed by atoms with Gasteiger partial charge in [0.25, 0.3) is 0 Å². The van der Waals surface area contributed by atoms with Crippen molar-refractivity contribution in [1.29, 1.82) is 0 Å². The van der Waals surface area contributed by atoms with Crippen LogP contribution in [0, 0.1) is 34.3 Å². The molecule has 3 N–H and O–H groups in total. The fourth-order valence-corrected chi connectivity index (χ4v) is 14.8. The quantitative estimate of drug-likeness (QED) is 0.122. The summed E-state index contributed by atoms with van der Waals surface area (Å²) < 4.78 is 45.4. The molecular weight excluding hydrogens is 1000 g/mol. The first-order valence-electron chi connectivity index (χ1n) is 27.4. The van der Waals surface area contributed by atoms with E-state index in [4.69, 9.17) is 14.0 Å². The number of fused-ring (bicyclic) bond motifs is 4. The Kier molecular flexibility index (Phi) is 18.8. The molecule has 0 saturated heterocycles. The first-order valence-corrected chi connectivity index (χ1v) is 33.2. The van der Waals surface area contributed by atoms with Crippen molar-refractivity contribution in [3.8, 4) is 11.4 Å². The average molecular weight is 1100 g/mol. The summed E-state index contributed by atoms with van der Waals surface area (Å²) in [6.07, 6.45) is 16.8. The molecule has 0 spiro atoms. The van der Waals surface area contributed by atoms with Gasteiger partial charge in [0, 0.05) is 17.4 Å². The summed E-state index contributed by atoms with van der Waals surface area (Å²) in [4.78, 5) is 13.4. The summed E-state index contributed by atoms with van der Waals surface area (Å²) in [6.45, 7) is 28.0. The van der Waals surface area contributed by atoms with E-state index >= 15 is 0 Å². The number of carbonyl (C=O) groups is 1. The summed E-state index contributed by atoms with van der Waals surface area (Å²) in [5.41, 5.74) is 10.8. The first-order chi connectivity index (χ1) is 35.4. The fourth-order valence-electron chi connectivity index (χ4n) is 12.1. The van der Waals surface area contributed by atoms with Crippen LogP contribution in [0.15, 0.2) is 133 Å². The zero-order valence-electron chi connectivity index (χ0n) is 47.4. The summed E-state index contributed by atoms with van der Waals surface area (Å²) in [5, 5.41) is 9.64. The Hall–Kier alpha value is -5.38. The number of benzene rings is 4. The van der Waals surface area contributed by atoms with Crippen molar-refractivity contribution >= 4 is 34.6 Å². The molecule has 6 atom stereocenters. The Morgan fingerprint density at radius 3 is 1.45 bits per heavy atom. The van der Waals surface area contributed by atoms with E-state index in [1.165, 1.54) is 59.4 Å². The second-order valence-corrected chi connectivity index (χ2v) is 35.1. The predicted molar refractivity (Wildman–Crippen MR) is 325 cm³/mol. The van der Waals surface area contributed by atoms with E-state index in [1.807, 2.05) is 33.9 Å². The minimum atomic E-state index is -2.08. The van der Waals surface area contributed by atoms with E-state index in [9.17, 15) is 13.6 Å². The number of nitrogens with zero attached hydrogens (tertiary/aromatic N) is 4. The van der Waals surface area contributed by atoms with E-state index in [-0.39, 0.29) is 77.5 Å². The lowest BCUT2D eigenvalue weighted by Gasteiger charge is -2.51. The van der Waals surface area contributed by atoms with Crippen LogP contribution < -0.4 is 6.15 Å². The summed E-state index contributed by atoms with van der Waals surface area (Å²) in [6, 6.07) is 34.4. The van der Waals surface area contributed by atoms with Crippen molar-refractivity contribution in [2.45, 2.75) is 177 Å². The van der Waals surface area contributed by atoms with Gasteiger partial charge < -0.3 is 15.0 Å². The van der Waals surface area contributed by atoms with Crippen molar-refractivity contribution in [1.82, 2.24) is 25.7 Å². The zero-order chi connectivity index (χ0) is 53.7. The first kappa shape index (κ1) is 61.8. The molecule has 10 rings (SSSR count). The lowest BCUT2D eigenvalue weighted by atomic mass is 9.57. The van der Waals surface area contributed by atoms with Crippen LogP contribution in [0.1, 0.15) is 136 Å². The molecule has 78 heavy (non-hydrogen) atoms. The van der Waals surface area contributed by atoms with Gasteiger partial charge in [0.1, 0.15) is 11.6 Å². The standard InChI is InChI=1S/C32H39FN2O2Si.C32H41FN2OSi.2CH4.H3N/c1-31(2,3)38(5,6)37-30(18-22-10-8-7-9-11-22)26-16-17-29(36)27-19-28-23(20-32(26,27)4)21-34-35(28)25-14-12-24(33)13-15-25;1-31(2,3)37(5,6)36-30(19-23-11-8-7-9-12-23)28-14-10-13-25-20-29-24(21-32(25,28)4)22-34-35(29)27-17-15-26(33)16-18-27;;;/h7-15,19,21,26,30H,16-18,20H2,1-6H3;7-9,11-12,15-18,20,22,28,30H,10,13-14,19,21H2,1-6H3;2*1H4;1H3/t26-,30-,32-;28-,30-,32+;;;/m11.../s1. The number of carbonyl (C=O) groups excluding carboxylic acids is 1. The number of aromatic nitrogens is 4. The number of hydrogen-bond donors (Lipinski definition) is 1. The highest BCUT2D eigenvalue weighted by molar-refractivity contribution is 6.74. The normalized spacial score (nSPS) is 21.7. The predicted octanol–water partition coefficient (Wildman–Crippen LogP) is 17.4. The molecular formula is C66H91F2N5O3Si2. The molecule has 420 valence electrons. The zero-order valence-corrected chi connectivity index (χ0v) is 49.4. The van der Waals surface area contributed by atoms with E-state index in [1.54, 1.807) is 12.1 Å². The van der Waals surface area contributed by atoms with Crippen molar-refractivity contribution in [3.05, 3.63) is 178 Å². The van der Waals surface area contributed by atoms with Gasteiger partial charge in [-0.1, -0.05) is 136 Å². The van der Waals surface area contributed by atoms with Crippen LogP contribution in [0.2, 0.25) is 36.3 Å². The molecule has 0 amide bonds. The van der Waals surface area contributed by atoms with Gasteiger partial charge in [0.2, 0.25) is 0 Å². The van der Waals surface area contributed by atoms with Crippen LogP contribution in [0.4, 0.5) is 8.78 Å². The van der Waals surface area contributed by atoms with E-state index < -0.39 is 16.6 Å². The van der Waals surface area contributed by atoms with Gasteiger partial charge in [-0.15, -0.1) is 0 Å². The van der Waals surface area contributed by atoms with Gasteiger partial charge in [-0.2, -0.15) is 10.2 Å². The van der Waals surface area contributed by atoms with Crippen molar-refractivity contribution in [2.75, 3.05) is 0 Å². The lowest BCUT2D eigenvalue weighted by molar-refractivity contribution is -0.120. The smallest absolute Gasteiger partial charge is 0.192 e. The third kappa shape index (κ3) is 12.5. The number of rotatable bonds is 12. The number of halogens is 2. The summed E-state index contributed by atoms with van der Waals surface area (Å²) in [5.74, 6) is 0.341. The number of hydrogen-bond acceptors (Lipinski definition) is 6. The van der Waals surface area contributed by atoms with Crippen LogP contribution in [0.3, 0.4) is 0 Å². The summed E-state index contributed by atoms with van der Waals surface area (Å²) >= 11 is 0. The van der Waals surface area contributed by atoms with Crippen molar-refractivity contribution in [2.24, 2.45) is 22.7 Å². The van der Waals surface area contributed by atoms with Crippen LogP contribution in [-0.2, 0) is 39.3 Å². The number of allylic oxidation sites excluding steroid dienone is 2. The second-order valence-electron chi connectivity index (χ2n) is 25.6. The Labute approximate surface area is 469 Å². The Bertz CT molecular complexity index is 3040. The SMILES string of the molecule is C.C.CC(C)(C)[Si](C)(C)O[C@H](Cc1ccccc1)[C@H]1CCC(=O)C2=Cc3c(cnn3-c3ccc(F)cc3)C[C@@]21C.CC(C)(C)[Si](C)(C)O[C@H](Cc1ccccc1)[C@H]1CCCC2=Cc3c(cnn3-c3ccc(F)cc3)C[C@@]21C.N. The van der Waals surface area contributed by atoms with Crippen molar-refractivity contribution in [3.63, 3.8) is 0 Å². The molecule has 0 aliphatic heterocycles. The van der Waals surface area contributed by atoms with Gasteiger partial charge in [-0.25, -0.2) is 18.1 Å². The molecule has 4 aromatic carbocycles. The molecule has 0 unspecified atom stereocenters. The van der Waals surface area contributed by atoms with Gasteiger partial charge in [0.15, 0.2) is 22.4 Å². The second kappa shape index (κ2) is 23.8. The highest BCUT2D eigenvalue weighted by atomic mass is 28.4. The van der Waals surface area contributed by atoms with Crippen molar-refractivity contribution < 1.29 is 22.4 Å². The molecule has 4 aliphatic carbocycles. The largest absolute Gasteiger partial charge is 0.413 e. The fraction of sp³-hybridized carbons (Fsp3) is 0.470. The maximum absolute atomic E-state index is 13.6. The molecule has 6 aromatic rings. The number of Topliss-reactive ketones (excluding diaryl/α,β-unsaturated/α-hetero) is 1. The lowest BCUT2D eigenvalue weighted by Crippen LogP contribution is -2.52. The average Bonchev–Trinajstić information content (AvgIpc) is 3.98. The topological polar surface area (TPSA) is 106 Å². The van der Waals surface area contributed by atoms with Gasteiger partial charge >= 0.3 is 0 Å². The van der Waals surface area contributed by atoms with Crippen LogP contribution in [0.5, 0.6) is 0 Å². The van der Waals surface area contributed by atoms with E-state index in [0.717, 1.165) is 72.4 Å².